The standard InChI is InChI=1S/C17H19NO4S/c1-12-7-8-15(9-13(12)2)23(19,20)18-10-14-11-21-16-5-3-4-6-17(16)22-14/h3-9,14,18H,10-11H2,1-2H3. The van der Waals surface area contributed by atoms with Gasteiger partial charge in [-0.3, -0.25) is 0 Å². The third-order valence-electron chi connectivity index (χ3n) is 3.86. The first kappa shape index (κ1) is 15.8. The minimum absolute atomic E-state index is 0.156. The smallest absolute Gasteiger partial charge is 0.240 e. The highest BCUT2D eigenvalue weighted by Crippen LogP contribution is 2.30. The van der Waals surface area contributed by atoms with Crippen molar-refractivity contribution in [2.45, 2.75) is 24.8 Å². The van der Waals surface area contributed by atoms with Crippen LogP contribution in [0.25, 0.3) is 0 Å². The van der Waals surface area contributed by atoms with Gasteiger partial charge in [-0.25, -0.2) is 13.1 Å². The predicted octanol–water partition coefficient (Wildman–Crippen LogP) is 2.42. The Hall–Kier alpha value is -2.05. The lowest BCUT2D eigenvalue weighted by molar-refractivity contribution is 0.0943. The Labute approximate surface area is 136 Å². The molecule has 1 aliphatic rings. The van der Waals surface area contributed by atoms with Gasteiger partial charge in [-0.15, -0.1) is 0 Å². The van der Waals surface area contributed by atoms with Crippen LogP contribution in [0, 0.1) is 13.8 Å². The zero-order chi connectivity index (χ0) is 16.4. The van der Waals surface area contributed by atoms with E-state index in [1.165, 1.54) is 0 Å². The van der Waals surface area contributed by atoms with Gasteiger partial charge in [0, 0.05) is 0 Å². The molecule has 2 aromatic rings. The largest absolute Gasteiger partial charge is 0.486 e. The Morgan fingerprint density at radius 1 is 1.09 bits per heavy atom. The van der Waals surface area contributed by atoms with Crippen molar-refractivity contribution in [1.29, 1.82) is 0 Å². The number of benzene rings is 2. The second kappa shape index (κ2) is 6.22. The summed E-state index contributed by atoms with van der Waals surface area (Å²) in [5.74, 6) is 1.31. The first-order valence-electron chi connectivity index (χ1n) is 7.41. The molecule has 6 heteroatoms. The number of ether oxygens (including phenoxy) is 2. The van der Waals surface area contributed by atoms with E-state index in [2.05, 4.69) is 4.72 Å². The lowest BCUT2D eigenvalue weighted by atomic mass is 10.1. The Bertz CT molecular complexity index is 817. The zero-order valence-corrected chi connectivity index (χ0v) is 13.9. The van der Waals surface area contributed by atoms with Crippen LogP contribution < -0.4 is 14.2 Å². The van der Waals surface area contributed by atoms with Crippen molar-refractivity contribution in [2.75, 3.05) is 13.2 Å². The van der Waals surface area contributed by atoms with Crippen LogP contribution in [-0.4, -0.2) is 27.7 Å². The van der Waals surface area contributed by atoms with Crippen LogP contribution >= 0.6 is 0 Å². The summed E-state index contributed by atoms with van der Waals surface area (Å²) in [5.41, 5.74) is 2.00. The van der Waals surface area contributed by atoms with E-state index in [0.717, 1.165) is 11.1 Å². The fourth-order valence-electron chi connectivity index (χ4n) is 2.33. The summed E-state index contributed by atoms with van der Waals surface area (Å²) in [6.07, 6.45) is -0.355. The van der Waals surface area contributed by atoms with Crippen molar-refractivity contribution in [2.24, 2.45) is 0 Å². The van der Waals surface area contributed by atoms with Crippen LogP contribution in [0.2, 0.25) is 0 Å². The molecule has 0 aromatic heterocycles. The molecule has 1 N–H and O–H groups in total. The number of para-hydroxylation sites is 2. The molecule has 0 saturated carbocycles. The first-order chi connectivity index (χ1) is 11.0. The normalized spacial score (nSPS) is 17.0. The lowest BCUT2D eigenvalue weighted by Crippen LogP contribution is -2.40. The van der Waals surface area contributed by atoms with Crippen LogP contribution in [0.3, 0.4) is 0 Å². The molecule has 5 nitrogen and oxygen atoms in total. The number of fused-ring (bicyclic) bond motifs is 1. The first-order valence-corrected chi connectivity index (χ1v) is 8.89. The van der Waals surface area contributed by atoms with Gasteiger partial charge in [0.15, 0.2) is 11.5 Å². The van der Waals surface area contributed by atoms with E-state index in [4.69, 9.17) is 9.47 Å². The van der Waals surface area contributed by atoms with Crippen molar-refractivity contribution in [3.63, 3.8) is 0 Å². The third-order valence-corrected chi connectivity index (χ3v) is 5.28. The number of sulfonamides is 1. The van der Waals surface area contributed by atoms with Gasteiger partial charge >= 0.3 is 0 Å². The highest BCUT2D eigenvalue weighted by Gasteiger charge is 2.23. The molecule has 0 bridgehead atoms. The van der Waals surface area contributed by atoms with Crippen LogP contribution in [0.15, 0.2) is 47.4 Å². The number of hydrogen-bond acceptors (Lipinski definition) is 4. The Morgan fingerprint density at radius 2 is 1.83 bits per heavy atom. The van der Waals surface area contributed by atoms with Gasteiger partial charge in [-0.1, -0.05) is 18.2 Å². The maximum atomic E-state index is 12.4. The van der Waals surface area contributed by atoms with E-state index < -0.39 is 10.0 Å². The van der Waals surface area contributed by atoms with Crippen LogP contribution in [0.1, 0.15) is 11.1 Å². The summed E-state index contributed by atoms with van der Waals surface area (Å²) < 4.78 is 38.7. The molecule has 1 aliphatic heterocycles. The summed E-state index contributed by atoms with van der Waals surface area (Å²) in [6.45, 7) is 4.31. The van der Waals surface area contributed by atoms with Gasteiger partial charge in [-0.05, 0) is 49.2 Å². The molecular formula is C17H19NO4S. The fraction of sp³-hybridized carbons (Fsp3) is 0.294. The summed E-state index contributed by atoms with van der Waals surface area (Å²) >= 11 is 0. The highest BCUT2D eigenvalue weighted by molar-refractivity contribution is 7.89. The average Bonchev–Trinajstić information content (AvgIpc) is 2.55. The maximum Gasteiger partial charge on any atom is 0.240 e. The molecule has 23 heavy (non-hydrogen) atoms. The summed E-state index contributed by atoms with van der Waals surface area (Å²) in [5, 5.41) is 0. The molecule has 0 fully saturated rings. The minimum atomic E-state index is -3.56. The second-order valence-corrected chi connectivity index (χ2v) is 7.36. The quantitative estimate of drug-likeness (QED) is 0.933. The Kier molecular flexibility index (Phi) is 4.28. The summed E-state index contributed by atoms with van der Waals surface area (Å²) in [7, 11) is -3.56. The van der Waals surface area contributed by atoms with Crippen molar-refractivity contribution >= 4 is 10.0 Å². The summed E-state index contributed by atoms with van der Waals surface area (Å²) in [6, 6.07) is 12.4. The van der Waals surface area contributed by atoms with E-state index in [0.29, 0.717) is 18.1 Å². The van der Waals surface area contributed by atoms with Gasteiger partial charge in [0.1, 0.15) is 12.7 Å². The van der Waals surface area contributed by atoms with Crippen molar-refractivity contribution in [3.8, 4) is 11.5 Å². The number of hydrogen-bond donors (Lipinski definition) is 1. The van der Waals surface area contributed by atoms with Crippen LogP contribution in [0.5, 0.6) is 11.5 Å². The number of rotatable bonds is 4. The fourth-order valence-corrected chi connectivity index (χ4v) is 3.48. The van der Waals surface area contributed by atoms with E-state index in [9.17, 15) is 8.42 Å². The second-order valence-electron chi connectivity index (χ2n) is 5.60. The van der Waals surface area contributed by atoms with Gasteiger partial charge in [-0.2, -0.15) is 0 Å². The SMILES string of the molecule is Cc1ccc(S(=O)(=O)NCC2COc3ccccc3O2)cc1C. The van der Waals surface area contributed by atoms with Gasteiger partial charge in [0.2, 0.25) is 10.0 Å². The average molecular weight is 333 g/mol. The van der Waals surface area contributed by atoms with E-state index >= 15 is 0 Å². The van der Waals surface area contributed by atoms with Crippen LogP contribution in [-0.2, 0) is 10.0 Å². The number of nitrogens with one attached hydrogen (secondary N) is 1. The van der Waals surface area contributed by atoms with Crippen molar-refractivity contribution in [1.82, 2.24) is 4.72 Å². The van der Waals surface area contributed by atoms with Gasteiger partial charge in [0.25, 0.3) is 0 Å². The van der Waals surface area contributed by atoms with E-state index in [-0.39, 0.29) is 17.5 Å². The van der Waals surface area contributed by atoms with Gasteiger partial charge in [0.05, 0.1) is 11.4 Å². The van der Waals surface area contributed by atoms with Gasteiger partial charge < -0.3 is 9.47 Å². The molecule has 0 radical (unpaired) electrons. The molecular weight excluding hydrogens is 314 g/mol. The molecule has 1 atom stereocenters. The number of aryl methyl sites for hydroxylation is 2. The molecule has 122 valence electrons. The molecule has 1 unspecified atom stereocenters. The molecule has 0 saturated heterocycles. The predicted molar refractivity (Wildman–Crippen MR) is 87.5 cm³/mol. The molecule has 3 rings (SSSR count). The maximum absolute atomic E-state index is 12.4. The Balaban J connectivity index is 1.67. The zero-order valence-electron chi connectivity index (χ0n) is 13.1. The molecule has 0 amide bonds. The molecule has 1 heterocycles. The molecule has 2 aromatic carbocycles. The highest BCUT2D eigenvalue weighted by atomic mass is 32.2. The molecule has 0 aliphatic carbocycles. The third kappa shape index (κ3) is 3.48. The molecule has 0 spiro atoms. The summed E-state index contributed by atoms with van der Waals surface area (Å²) in [4.78, 5) is 0.262. The topological polar surface area (TPSA) is 64.6 Å². The minimum Gasteiger partial charge on any atom is -0.486 e. The van der Waals surface area contributed by atoms with E-state index in [1.807, 2.05) is 32.0 Å². The van der Waals surface area contributed by atoms with Crippen LogP contribution in [0.4, 0.5) is 0 Å². The van der Waals surface area contributed by atoms with Crippen molar-refractivity contribution < 1.29 is 17.9 Å². The Morgan fingerprint density at radius 3 is 2.57 bits per heavy atom. The van der Waals surface area contributed by atoms with Crippen molar-refractivity contribution in [3.05, 3.63) is 53.6 Å². The lowest BCUT2D eigenvalue weighted by Gasteiger charge is -2.26. The van der Waals surface area contributed by atoms with E-state index in [1.54, 1.807) is 24.3 Å². The monoisotopic (exact) mass is 333 g/mol.